The van der Waals surface area contributed by atoms with E-state index >= 15 is 0 Å². The van der Waals surface area contributed by atoms with Gasteiger partial charge in [-0.3, -0.25) is 0 Å². The fraction of sp³-hybridized carbons (Fsp3) is 0.576. The summed E-state index contributed by atoms with van der Waals surface area (Å²) in [5, 5.41) is 17.3. The minimum atomic E-state index is -4.12. The number of benzene rings is 2. The van der Waals surface area contributed by atoms with Crippen LogP contribution in [0.15, 0.2) is 59.5 Å². The van der Waals surface area contributed by atoms with Gasteiger partial charge in [0.05, 0.1) is 43.3 Å². The van der Waals surface area contributed by atoms with E-state index in [-0.39, 0.29) is 43.0 Å². The number of methoxy groups -OCH3 is 1. The van der Waals surface area contributed by atoms with Gasteiger partial charge >= 0.3 is 12.1 Å². The molecule has 3 amide bonds. The molecule has 4 rings (SSSR count). The van der Waals surface area contributed by atoms with E-state index in [0.29, 0.717) is 31.7 Å². The molecule has 2 aromatic rings. The van der Waals surface area contributed by atoms with Crippen LogP contribution in [-0.4, -0.2) is 113 Å². The second-order valence-electron chi connectivity index (χ2n) is 13.0. The monoisotopic (exact) mass is 676 g/mol. The van der Waals surface area contributed by atoms with E-state index < -0.39 is 46.1 Å². The minimum Gasteiger partial charge on any atom is -0.497 e. The molecule has 2 heterocycles. The van der Waals surface area contributed by atoms with Gasteiger partial charge in [0.25, 0.3) is 0 Å². The van der Waals surface area contributed by atoms with Gasteiger partial charge in [-0.1, -0.05) is 44.2 Å². The molecule has 0 aromatic heterocycles. The van der Waals surface area contributed by atoms with Crippen molar-refractivity contribution in [2.75, 3.05) is 54.1 Å². The van der Waals surface area contributed by atoms with Crippen LogP contribution in [0.25, 0.3) is 0 Å². The van der Waals surface area contributed by atoms with Gasteiger partial charge in [-0.05, 0) is 54.5 Å². The summed E-state index contributed by atoms with van der Waals surface area (Å²) < 4.78 is 51.5. The molecule has 0 aliphatic carbocycles. The highest BCUT2D eigenvalue weighted by molar-refractivity contribution is 7.89. The Balaban J connectivity index is 1.55. The number of carbonyl (C=O) groups excluding carboxylic acids is 2. The molecule has 2 fully saturated rings. The Morgan fingerprint density at radius 1 is 1.09 bits per heavy atom. The third-order valence-corrected chi connectivity index (χ3v) is 10.3. The number of aliphatic hydroxyl groups is 1. The van der Waals surface area contributed by atoms with Crippen LogP contribution in [0.5, 0.6) is 5.75 Å². The first-order valence-corrected chi connectivity index (χ1v) is 17.2. The third kappa shape index (κ3) is 10.0. The fourth-order valence-electron chi connectivity index (χ4n) is 5.72. The van der Waals surface area contributed by atoms with Gasteiger partial charge < -0.3 is 39.6 Å². The number of rotatable bonds is 15. The molecule has 2 saturated heterocycles. The van der Waals surface area contributed by atoms with Crippen molar-refractivity contribution < 1.29 is 42.1 Å². The highest BCUT2D eigenvalue weighted by Gasteiger charge is 2.44. The predicted octanol–water partition coefficient (Wildman–Crippen LogP) is 2.83. The fourth-order valence-corrected chi connectivity index (χ4v) is 7.37. The smallest absolute Gasteiger partial charge is 0.407 e. The molecular formula is C33H48N4O9S. The number of hydrogen-bond acceptors (Lipinski definition) is 9. The molecule has 0 unspecified atom stereocenters. The molecule has 47 heavy (non-hydrogen) atoms. The van der Waals surface area contributed by atoms with Crippen LogP contribution in [0.1, 0.15) is 32.3 Å². The summed E-state index contributed by atoms with van der Waals surface area (Å²) in [6, 6.07) is 14.2. The quantitative estimate of drug-likeness (QED) is 0.258. The van der Waals surface area contributed by atoms with Gasteiger partial charge in [0.15, 0.2) is 6.29 Å². The first kappa shape index (κ1) is 36.4. The van der Waals surface area contributed by atoms with Gasteiger partial charge in [0.1, 0.15) is 11.9 Å². The van der Waals surface area contributed by atoms with Crippen molar-refractivity contribution in [3.63, 3.8) is 0 Å². The van der Waals surface area contributed by atoms with E-state index in [2.05, 4.69) is 10.6 Å². The van der Waals surface area contributed by atoms with Crippen LogP contribution in [0.3, 0.4) is 0 Å². The molecule has 5 atom stereocenters. The van der Waals surface area contributed by atoms with E-state index in [1.165, 1.54) is 28.4 Å². The zero-order valence-electron chi connectivity index (χ0n) is 27.8. The first-order chi connectivity index (χ1) is 22.3. The molecule has 14 heteroatoms. The second kappa shape index (κ2) is 16.1. The summed E-state index contributed by atoms with van der Waals surface area (Å²) in [6.07, 6.45) is -1.53. The topological polar surface area (TPSA) is 156 Å². The van der Waals surface area contributed by atoms with Crippen LogP contribution in [0.2, 0.25) is 0 Å². The van der Waals surface area contributed by atoms with E-state index in [4.69, 9.17) is 18.9 Å². The number of ether oxygens (including phenoxy) is 4. The maximum Gasteiger partial charge on any atom is 0.407 e. The second-order valence-corrected chi connectivity index (χ2v) is 14.9. The maximum atomic E-state index is 14.1. The summed E-state index contributed by atoms with van der Waals surface area (Å²) in [5.74, 6) is 0.439. The largest absolute Gasteiger partial charge is 0.497 e. The number of fused-ring (bicyclic) bond motifs is 1. The average Bonchev–Trinajstić information content (AvgIpc) is 3.66. The van der Waals surface area contributed by atoms with E-state index in [0.717, 1.165) is 5.56 Å². The lowest BCUT2D eigenvalue weighted by atomic mass is 9.89. The lowest BCUT2D eigenvalue weighted by Crippen LogP contribution is -2.52. The number of aliphatic hydroxyl groups excluding tert-OH is 1. The Kier molecular flexibility index (Phi) is 12.5. The summed E-state index contributed by atoms with van der Waals surface area (Å²) in [5.41, 5.74) is 0.231. The van der Waals surface area contributed by atoms with Gasteiger partial charge in [-0.2, -0.15) is 4.31 Å². The number of urea groups is 1. The number of nitrogens with zero attached hydrogens (tertiary/aromatic N) is 2. The van der Waals surface area contributed by atoms with E-state index in [1.54, 1.807) is 26.2 Å². The van der Waals surface area contributed by atoms with Crippen molar-refractivity contribution in [2.24, 2.45) is 11.3 Å². The van der Waals surface area contributed by atoms with Gasteiger partial charge in [-0.25, -0.2) is 18.0 Å². The van der Waals surface area contributed by atoms with E-state index in [9.17, 15) is 23.1 Å². The van der Waals surface area contributed by atoms with Crippen LogP contribution >= 0.6 is 0 Å². The molecule has 0 bridgehead atoms. The molecule has 0 saturated carbocycles. The normalized spacial score (nSPS) is 20.7. The minimum absolute atomic E-state index is 0.0290. The molecule has 2 aliphatic heterocycles. The molecule has 3 N–H and O–H groups in total. The number of sulfonamides is 1. The summed E-state index contributed by atoms with van der Waals surface area (Å²) >= 11 is 0. The number of hydrogen-bond donors (Lipinski definition) is 3. The SMILES string of the molecule is COc1ccc(S(=O)(=O)N(C[C@H](O)[C@H](Cc2ccccc2)NC(=O)O[C@@H]2CO[C@@H]3OCC[C@@H]32)CC(C)(C)CCNC(=O)N(C)C)cc1. The van der Waals surface area contributed by atoms with E-state index in [1.807, 2.05) is 44.2 Å². The maximum absolute atomic E-state index is 14.1. The molecule has 13 nitrogen and oxygen atoms in total. The Morgan fingerprint density at radius 2 is 1.79 bits per heavy atom. The Bertz CT molecular complexity index is 1420. The molecular weight excluding hydrogens is 628 g/mol. The summed E-state index contributed by atoms with van der Waals surface area (Å²) in [6.45, 7) is 4.59. The number of amides is 3. The van der Waals surface area contributed by atoms with Crippen molar-refractivity contribution in [1.29, 1.82) is 0 Å². The Morgan fingerprint density at radius 3 is 2.45 bits per heavy atom. The van der Waals surface area contributed by atoms with Gasteiger partial charge in [0, 0.05) is 33.7 Å². The highest BCUT2D eigenvalue weighted by atomic mass is 32.2. The first-order valence-electron chi connectivity index (χ1n) is 15.8. The third-order valence-electron chi connectivity index (χ3n) is 8.49. The molecule has 260 valence electrons. The number of nitrogens with one attached hydrogen (secondary N) is 2. The zero-order chi connectivity index (χ0) is 34.2. The highest BCUT2D eigenvalue weighted by Crippen LogP contribution is 2.33. The van der Waals surface area contributed by atoms with Crippen molar-refractivity contribution in [1.82, 2.24) is 19.8 Å². The number of alkyl carbamates (subject to hydrolysis) is 1. The van der Waals surface area contributed by atoms with Crippen LogP contribution in [0.4, 0.5) is 9.59 Å². The van der Waals surface area contributed by atoms with Crippen molar-refractivity contribution in [2.45, 2.75) is 62.5 Å². The predicted molar refractivity (Wildman–Crippen MR) is 174 cm³/mol. The summed E-state index contributed by atoms with van der Waals surface area (Å²) in [4.78, 5) is 26.7. The lowest BCUT2D eigenvalue weighted by Gasteiger charge is -2.35. The van der Waals surface area contributed by atoms with Gasteiger partial charge in [-0.15, -0.1) is 0 Å². The standard InChI is InChI=1S/C33H48N4O9S/c1-33(2,16-17-34-31(39)36(3)4)22-37(47(41,42)25-13-11-24(43-5)12-14-25)20-28(38)27(19-23-9-7-6-8-10-23)35-32(40)46-29-21-45-30-26(29)15-18-44-30/h6-14,26-30,38H,15-22H2,1-5H3,(H,34,39)(H,35,40)/t26-,27+,28+,29-,30+/m1/s1. The Hall–Kier alpha value is -3.43. The molecule has 0 radical (unpaired) electrons. The van der Waals surface area contributed by atoms with Crippen LogP contribution in [0, 0.1) is 11.3 Å². The molecule has 2 aliphatic rings. The molecule has 0 spiro atoms. The van der Waals surface area contributed by atoms with Crippen molar-refractivity contribution in [3.05, 3.63) is 60.2 Å². The van der Waals surface area contributed by atoms with Gasteiger partial charge in [0.2, 0.25) is 10.0 Å². The molecule has 2 aromatic carbocycles. The van der Waals surface area contributed by atoms with Crippen LogP contribution < -0.4 is 15.4 Å². The van der Waals surface area contributed by atoms with Crippen molar-refractivity contribution >= 4 is 22.1 Å². The van der Waals surface area contributed by atoms with Crippen LogP contribution in [-0.2, 0) is 30.7 Å². The number of carbonyl (C=O) groups is 2. The zero-order valence-corrected chi connectivity index (χ0v) is 28.6. The lowest BCUT2D eigenvalue weighted by molar-refractivity contribution is -0.0907. The van der Waals surface area contributed by atoms with Crippen molar-refractivity contribution in [3.8, 4) is 5.75 Å². The Labute approximate surface area is 277 Å². The average molecular weight is 677 g/mol. The summed E-state index contributed by atoms with van der Waals surface area (Å²) in [7, 11) is 0.652.